The molecule has 2 N–H and O–H groups in total. The average molecular weight is 292 g/mol. The van der Waals surface area contributed by atoms with Gasteiger partial charge in [-0.2, -0.15) is 0 Å². The monoisotopic (exact) mass is 292 g/mol. The molecule has 0 radical (unpaired) electrons. The molecule has 20 heavy (non-hydrogen) atoms. The summed E-state index contributed by atoms with van der Waals surface area (Å²) in [5.74, 6) is -1.31. The Labute approximate surface area is 117 Å². The van der Waals surface area contributed by atoms with Gasteiger partial charge in [0.2, 0.25) is 5.88 Å². The van der Waals surface area contributed by atoms with E-state index in [1.54, 1.807) is 0 Å². The zero-order valence-electron chi connectivity index (χ0n) is 10.5. The van der Waals surface area contributed by atoms with Gasteiger partial charge in [0.05, 0.1) is 10.4 Å². The fourth-order valence-corrected chi connectivity index (χ4v) is 2.86. The minimum atomic E-state index is -0.672. The number of halogens is 2. The maximum absolute atomic E-state index is 13.4. The largest absolute Gasteiger partial charge is 0.367 e. The summed E-state index contributed by atoms with van der Waals surface area (Å²) >= 11 is 1.51. The minimum Gasteiger partial charge on any atom is -0.367 e. The summed E-state index contributed by atoms with van der Waals surface area (Å²) < 4.78 is 31.7. The number of rotatable bonds is 2. The topological polar surface area (TPSA) is 52.0 Å². The van der Waals surface area contributed by atoms with E-state index >= 15 is 0 Å². The van der Waals surface area contributed by atoms with E-state index in [9.17, 15) is 8.78 Å². The molecule has 0 aliphatic carbocycles. The number of aromatic nitrogens is 1. The van der Waals surface area contributed by atoms with Crippen molar-refractivity contribution in [2.45, 2.75) is 6.92 Å². The van der Waals surface area contributed by atoms with Gasteiger partial charge in [0, 0.05) is 10.9 Å². The Morgan fingerprint density at radius 3 is 2.45 bits per heavy atom. The molecule has 0 unspecified atom stereocenters. The molecule has 0 saturated carbocycles. The van der Waals surface area contributed by atoms with E-state index < -0.39 is 11.6 Å². The maximum Gasteiger partial charge on any atom is 0.230 e. The number of thiophene rings is 1. The number of nitrogen functional groups attached to an aromatic ring is 1. The van der Waals surface area contributed by atoms with Crippen molar-refractivity contribution in [3.63, 3.8) is 0 Å². The van der Waals surface area contributed by atoms with Crippen LogP contribution in [0.15, 0.2) is 34.9 Å². The van der Waals surface area contributed by atoms with Crippen LogP contribution in [0.5, 0.6) is 0 Å². The number of nitrogens with zero attached hydrogens (tertiary/aromatic N) is 1. The van der Waals surface area contributed by atoms with Gasteiger partial charge in [-0.1, -0.05) is 5.16 Å². The molecule has 0 saturated heterocycles. The van der Waals surface area contributed by atoms with Crippen molar-refractivity contribution >= 4 is 17.2 Å². The molecule has 0 spiro atoms. The molecule has 0 aliphatic rings. The Morgan fingerprint density at radius 1 is 1.15 bits per heavy atom. The lowest BCUT2D eigenvalue weighted by Gasteiger charge is -2.02. The summed E-state index contributed by atoms with van der Waals surface area (Å²) in [5.41, 5.74) is 6.95. The summed E-state index contributed by atoms with van der Waals surface area (Å²) in [7, 11) is 0. The number of aryl methyl sites for hydroxylation is 1. The smallest absolute Gasteiger partial charge is 0.230 e. The average Bonchev–Trinajstić information content (AvgIpc) is 2.94. The SMILES string of the molecule is Cc1ccc(-c2noc(N)c2-c2cc(F)cc(F)c2)s1. The molecule has 0 bridgehead atoms. The lowest BCUT2D eigenvalue weighted by molar-refractivity contribution is 0.439. The first-order valence-corrected chi connectivity index (χ1v) is 6.64. The van der Waals surface area contributed by atoms with Gasteiger partial charge in [-0.25, -0.2) is 8.78 Å². The van der Waals surface area contributed by atoms with Gasteiger partial charge in [0.1, 0.15) is 17.3 Å². The van der Waals surface area contributed by atoms with Crippen molar-refractivity contribution in [2.24, 2.45) is 0 Å². The Morgan fingerprint density at radius 2 is 1.85 bits per heavy atom. The summed E-state index contributed by atoms with van der Waals surface area (Å²) in [6.45, 7) is 1.96. The van der Waals surface area contributed by atoms with Crippen LogP contribution in [0, 0.1) is 18.6 Å². The third-order valence-corrected chi connectivity index (χ3v) is 3.85. The summed E-state index contributed by atoms with van der Waals surface area (Å²) in [5, 5.41) is 3.90. The van der Waals surface area contributed by atoms with Crippen LogP contribution in [0.4, 0.5) is 14.7 Å². The van der Waals surface area contributed by atoms with Crippen molar-refractivity contribution < 1.29 is 13.3 Å². The third-order valence-electron chi connectivity index (χ3n) is 2.84. The highest BCUT2D eigenvalue weighted by Crippen LogP contribution is 2.39. The molecule has 0 aliphatic heterocycles. The third kappa shape index (κ3) is 2.18. The number of nitrogens with two attached hydrogens (primary N) is 1. The van der Waals surface area contributed by atoms with E-state index in [0.29, 0.717) is 16.8 Å². The molecule has 2 aromatic heterocycles. The molecule has 0 atom stereocenters. The van der Waals surface area contributed by atoms with Crippen molar-refractivity contribution in [2.75, 3.05) is 5.73 Å². The highest BCUT2D eigenvalue weighted by molar-refractivity contribution is 7.15. The zero-order valence-corrected chi connectivity index (χ0v) is 11.3. The predicted molar refractivity (Wildman–Crippen MR) is 74.3 cm³/mol. The summed E-state index contributed by atoms with van der Waals surface area (Å²) in [6.07, 6.45) is 0. The van der Waals surface area contributed by atoms with Gasteiger partial charge in [0.15, 0.2) is 0 Å². The van der Waals surface area contributed by atoms with Gasteiger partial charge >= 0.3 is 0 Å². The molecule has 0 amide bonds. The van der Waals surface area contributed by atoms with Gasteiger partial charge in [-0.15, -0.1) is 11.3 Å². The Balaban J connectivity index is 2.21. The van der Waals surface area contributed by atoms with Crippen LogP contribution in [0.2, 0.25) is 0 Å². The first-order valence-electron chi connectivity index (χ1n) is 5.83. The van der Waals surface area contributed by atoms with E-state index in [1.165, 1.54) is 23.5 Å². The summed E-state index contributed by atoms with van der Waals surface area (Å²) in [6, 6.07) is 7.02. The lowest BCUT2D eigenvalue weighted by Crippen LogP contribution is -1.89. The fourth-order valence-electron chi connectivity index (χ4n) is 2.01. The fraction of sp³-hybridized carbons (Fsp3) is 0.0714. The van der Waals surface area contributed by atoms with Crippen molar-refractivity contribution in [3.8, 4) is 21.7 Å². The number of anilines is 1. The van der Waals surface area contributed by atoms with Crippen molar-refractivity contribution in [1.82, 2.24) is 5.16 Å². The van der Waals surface area contributed by atoms with Crippen LogP contribution < -0.4 is 5.73 Å². The highest BCUT2D eigenvalue weighted by atomic mass is 32.1. The quantitative estimate of drug-likeness (QED) is 0.768. The lowest BCUT2D eigenvalue weighted by atomic mass is 10.0. The normalized spacial score (nSPS) is 10.9. The predicted octanol–water partition coefficient (Wildman–Crippen LogP) is 4.24. The summed E-state index contributed by atoms with van der Waals surface area (Å²) in [4.78, 5) is 1.93. The van der Waals surface area contributed by atoms with E-state index in [1.807, 2.05) is 19.1 Å². The second-order valence-corrected chi connectivity index (χ2v) is 5.63. The van der Waals surface area contributed by atoms with Gasteiger partial charge in [0.25, 0.3) is 0 Å². The van der Waals surface area contributed by atoms with Gasteiger partial charge in [-0.05, 0) is 36.8 Å². The van der Waals surface area contributed by atoms with Crippen LogP contribution >= 0.6 is 11.3 Å². The van der Waals surface area contributed by atoms with Crippen molar-refractivity contribution in [3.05, 3.63) is 46.8 Å². The van der Waals surface area contributed by atoms with Gasteiger partial charge in [-0.3, -0.25) is 0 Å². The molecule has 6 heteroatoms. The van der Waals surface area contributed by atoms with Crippen LogP contribution in [-0.2, 0) is 0 Å². The molecule has 102 valence electrons. The second kappa shape index (κ2) is 4.72. The van der Waals surface area contributed by atoms with E-state index in [4.69, 9.17) is 10.3 Å². The van der Waals surface area contributed by atoms with Crippen molar-refractivity contribution in [1.29, 1.82) is 0 Å². The van der Waals surface area contributed by atoms with E-state index in [-0.39, 0.29) is 5.88 Å². The maximum atomic E-state index is 13.4. The minimum absolute atomic E-state index is 0.0380. The molecule has 0 fully saturated rings. The Hall–Kier alpha value is -2.21. The molecule has 3 rings (SSSR count). The van der Waals surface area contributed by atoms with Crippen LogP contribution in [0.3, 0.4) is 0 Å². The molecule has 2 heterocycles. The Bertz CT molecular complexity index is 759. The standard InChI is InChI=1S/C14H10F2N2OS/c1-7-2-3-11(20-7)13-12(14(17)19-18-13)8-4-9(15)6-10(16)5-8/h2-6H,17H2,1H3. The number of benzene rings is 1. The first-order chi connectivity index (χ1) is 9.54. The second-order valence-electron chi connectivity index (χ2n) is 4.34. The number of hydrogen-bond acceptors (Lipinski definition) is 4. The Kier molecular flexibility index (Phi) is 3.02. The van der Waals surface area contributed by atoms with Crippen LogP contribution in [-0.4, -0.2) is 5.16 Å². The molecule has 1 aromatic carbocycles. The molecular weight excluding hydrogens is 282 g/mol. The van der Waals surface area contributed by atoms with Crippen LogP contribution in [0.25, 0.3) is 21.7 Å². The van der Waals surface area contributed by atoms with E-state index in [0.717, 1.165) is 15.8 Å². The van der Waals surface area contributed by atoms with Crippen LogP contribution in [0.1, 0.15) is 4.88 Å². The zero-order chi connectivity index (χ0) is 14.3. The van der Waals surface area contributed by atoms with Gasteiger partial charge < -0.3 is 10.3 Å². The molecule has 3 aromatic rings. The highest BCUT2D eigenvalue weighted by Gasteiger charge is 2.19. The van der Waals surface area contributed by atoms with E-state index in [2.05, 4.69) is 5.16 Å². The first kappa shape index (κ1) is 12.8. The molecular formula is C14H10F2N2OS. The molecule has 3 nitrogen and oxygen atoms in total. The number of hydrogen-bond donors (Lipinski definition) is 1.